The highest BCUT2D eigenvalue weighted by Crippen LogP contribution is 2.36. The Morgan fingerprint density at radius 2 is 1.89 bits per heavy atom. The van der Waals surface area contributed by atoms with E-state index in [1.165, 1.54) is 25.0 Å². The first-order valence-electron chi connectivity index (χ1n) is 7.12. The van der Waals surface area contributed by atoms with E-state index in [4.69, 9.17) is 0 Å². The van der Waals surface area contributed by atoms with Crippen molar-refractivity contribution in [1.29, 1.82) is 0 Å². The van der Waals surface area contributed by atoms with Crippen molar-refractivity contribution >= 4 is 0 Å². The second kappa shape index (κ2) is 5.59. The van der Waals surface area contributed by atoms with Gasteiger partial charge < -0.3 is 10.4 Å². The van der Waals surface area contributed by atoms with Gasteiger partial charge in [0, 0.05) is 12.6 Å². The summed E-state index contributed by atoms with van der Waals surface area (Å²) in [6.45, 7) is 6.70. The Morgan fingerprint density at radius 3 is 2.37 bits per heavy atom. The fraction of sp³-hybridized carbons (Fsp3) is 0.625. The first-order valence-corrected chi connectivity index (χ1v) is 7.12. The van der Waals surface area contributed by atoms with Gasteiger partial charge in [0.2, 0.25) is 0 Å². The molecule has 0 aliphatic heterocycles. The van der Waals surface area contributed by atoms with Gasteiger partial charge in [0.25, 0.3) is 0 Å². The molecule has 0 spiro atoms. The molecule has 0 radical (unpaired) electrons. The van der Waals surface area contributed by atoms with E-state index in [9.17, 15) is 9.50 Å². The zero-order chi connectivity index (χ0) is 14.0. The Hall–Kier alpha value is -0.930. The summed E-state index contributed by atoms with van der Waals surface area (Å²) in [7, 11) is 0. The molecule has 2 rings (SSSR count). The average Bonchev–Trinajstić information content (AvgIpc) is 3.13. The summed E-state index contributed by atoms with van der Waals surface area (Å²) >= 11 is 0. The number of hydrogen-bond acceptors (Lipinski definition) is 2. The van der Waals surface area contributed by atoms with E-state index in [0.29, 0.717) is 18.5 Å². The van der Waals surface area contributed by atoms with E-state index in [1.807, 2.05) is 0 Å². The highest BCUT2D eigenvalue weighted by molar-refractivity contribution is 5.22. The molecule has 1 aliphatic rings. The molecule has 0 saturated heterocycles. The smallest absolute Gasteiger partial charge is 0.123 e. The van der Waals surface area contributed by atoms with Gasteiger partial charge in [-0.25, -0.2) is 4.39 Å². The van der Waals surface area contributed by atoms with Crippen LogP contribution in [0.3, 0.4) is 0 Å². The second-order valence-electron chi connectivity index (χ2n) is 6.27. The lowest BCUT2D eigenvalue weighted by Crippen LogP contribution is -2.44. The largest absolute Gasteiger partial charge is 0.384 e. The van der Waals surface area contributed by atoms with Crippen LogP contribution in [0.15, 0.2) is 24.3 Å². The Labute approximate surface area is 115 Å². The molecule has 1 aromatic carbocycles. The Bertz CT molecular complexity index is 407. The highest BCUT2D eigenvalue weighted by Gasteiger charge is 2.34. The zero-order valence-electron chi connectivity index (χ0n) is 12.0. The summed E-state index contributed by atoms with van der Waals surface area (Å²) in [6.07, 6.45) is 2.57. The van der Waals surface area contributed by atoms with E-state index in [0.717, 1.165) is 11.5 Å². The molecule has 2 nitrogen and oxygen atoms in total. The monoisotopic (exact) mass is 265 g/mol. The maximum atomic E-state index is 12.9. The molecule has 106 valence electrons. The predicted octanol–water partition coefficient (Wildman–Crippen LogP) is 3.06. The van der Waals surface area contributed by atoms with E-state index in [2.05, 4.69) is 19.2 Å². The summed E-state index contributed by atoms with van der Waals surface area (Å²) in [5.74, 6) is 1.05. The lowest BCUT2D eigenvalue weighted by atomic mass is 9.93. The number of rotatable bonds is 6. The van der Waals surface area contributed by atoms with Crippen LogP contribution in [-0.2, 0) is 5.60 Å². The fourth-order valence-electron chi connectivity index (χ4n) is 2.63. The molecule has 1 saturated carbocycles. The molecule has 0 aromatic heterocycles. The lowest BCUT2D eigenvalue weighted by molar-refractivity contribution is 0.0507. The maximum Gasteiger partial charge on any atom is 0.123 e. The van der Waals surface area contributed by atoms with Gasteiger partial charge in [-0.2, -0.15) is 0 Å². The van der Waals surface area contributed by atoms with Crippen LogP contribution in [0.25, 0.3) is 0 Å². The van der Waals surface area contributed by atoms with Crippen LogP contribution in [-0.4, -0.2) is 17.7 Å². The molecule has 1 fully saturated rings. The van der Waals surface area contributed by atoms with Gasteiger partial charge in [0.05, 0.1) is 5.60 Å². The van der Waals surface area contributed by atoms with Crippen molar-refractivity contribution in [3.63, 3.8) is 0 Å². The summed E-state index contributed by atoms with van der Waals surface area (Å²) < 4.78 is 12.9. The third kappa shape index (κ3) is 3.77. The van der Waals surface area contributed by atoms with E-state index in [-0.39, 0.29) is 5.82 Å². The number of nitrogens with one attached hydrogen (secondary N) is 1. The molecule has 1 aromatic rings. The zero-order valence-corrected chi connectivity index (χ0v) is 12.0. The van der Waals surface area contributed by atoms with Crippen molar-refractivity contribution in [2.75, 3.05) is 6.54 Å². The number of hydrogen-bond donors (Lipinski definition) is 2. The second-order valence-corrected chi connectivity index (χ2v) is 6.27. The van der Waals surface area contributed by atoms with Gasteiger partial charge in [-0.15, -0.1) is 0 Å². The topological polar surface area (TPSA) is 32.3 Å². The quantitative estimate of drug-likeness (QED) is 0.828. The number of benzene rings is 1. The first-order chi connectivity index (χ1) is 8.90. The number of halogens is 1. The van der Waals surface area contributed by atoms with E-state index >= 15 is 0 Å². The maximum absolute atomic E-state index is 12.9. The molecule has 0 heterocycles. The van der Waals surface area contributed by atoms with Crippen LogP contribution in [0.4, 0.5) is 4.39 Å². The molecule has 0 amide bonds. The molecule has 2 atom stereocenters. The van der Waals surface area contributed by atoms with E-state index < -0.39 is 5.60 Å². The summed E-state index contributed by atoms with van der Waals surface area (Å²) in [5.41, 5.74) is -0.213. The van der Waals surface area contributed by atoms with Gasteiger partial charge in [-0.3, -0.25) is 0 Å². The highest BCUT2D eigenvalue weighted by atomic mass is 19.1. The van der Waals surface area contributed by atoms with Crippen LogP contribution in [0.2, 0.25) is 0 Å². The summed E-state index contributed by atoms with van der Waals surface area (Å²) in [5, 5.41) is 14.0. The van der Waals surface area contributed by atoms with Crippen LogP contribution in [0.5, 0.6) is 0 Å². The minimum absolute atomic E-state index is 0.273. The molecular formula is C16H24FNO. The van der Waals surface area contributed by atoms with E-state index in [1.54, 1.807) is 19.1 Å². The van der Waals surface area contributed by atoms with Crippen LogP contribution in [0.1, 0.15) is 39.2 Å². The predicted molar refractivity (Wildman–Crippen MR) is 75.3 cm³/mol. The molecule has 1 aliphatic carbocycles. The third-order valence-electron chi connectivity index (χ3n) is 4.00. The normalized spacial score (nSPS) is 20.3. The van der Waals surface area contributed by atoms with Gasteiger partial charge >= 0.3 is 0 Å². The van der Waals surface area contributed by atoms with Crippen molar-refractivity contribution in [3.05, 3.63) is 35.6 Å². The average molecular weight is 265 g/mol. The van der Waals surface area contributed by atoms with Crippen LogP contribution in [0, 0.1) is 17.7 Å². The third-order valence-corrected chi connectivity index (χ3v) is 4.00. The molecule has 0 bridgehead atoms. The number of aliphatic hydroxyl groups is 1. The molecule has 3 heteroatoms. The van der Waals surface area contributed by atoms with Crippen molar-refractivity contribution < 1.29 is 9.50 Å². The minimum atomic E-state index is -0.963. The van der Waals surface area contributed by atoms with Gasteiger partial charge in [-0.05, 0) is 49.3 Å². The molecule has 2 unspecified atom stereocenters. The van der Waals surface area contributed by atoms with Crippen molar-refractivity contribution in [2.24, 2.45) is 11.8 Å². The van der Waals surface area contributed by atoms with Crippen molar-refractivity contribution in [2.45, 2.75) is 45.3 Å². The first kappa shape index (κ1) is 14.5. The van der Waals surface area contributed by atoms with Gasteiger partial charge in [0.1, 0.15) is 5.82 Å². The molecular weight excluding hydrogens is 241 g/mol. The standard InChI is InChI=1S/C16H24FNO/c1-11(2)15(12-4-5-12)18-10-16(3,19)13-6-8-14(17)9-7-13/h6-9,11-12,15,18-19H,4-5,10H2,1-3H3. The molecule has 19 heavy (non-hydrogen) atoms. The Morgan fingerprint density at radius 1 is 1.32 bits per heavy atom. The van der Waals surface area contributed by atoms with Gasteiger partial charge in [-0.1, -0.05) is 26.0 Å². The fourth-order valence-corrected chi connectivity index (χ4v) is 2.63. The SMILES string of the molecule is CC(C)C(NCC(C)(O)c1ccc(F)cc1)C1CC1. The minimum Gasteiger partial charge on any atom is -0.384 e. The summed E-state index contributed by atoms with van der Waals surface area (Å²) in [4.78, 5) is 0. The Kier molecular flexibility index (Phi) is 4.26. The lowest BCUT2D eigenvalue weighted by Gasteiger charge is -2.29. The Balaban J connectivity index is 1.98. The van der Waals surface area contributed by atoms with Crippen LogP contribution < -0.4 is 5.32 Å². The summed E-state index contributed by atoms with van der Waals surface area (Å²) in [6, 6.07) is 6.55. The van der Waals surface area contributed by atoms with Gasteiger partial charge in [0.15, 0.2) is 0 Å². The van der Waals surface area contributed by atoms with Crippen molar-refractivity contribution in [3.8, 4) is 0 Å². The van der Waals surface area contributed by atoms with Crippen LogP contribution >= 0.6 is 0 Å². The molecule has 2 N–H and O–H groups in total. The van der Waals surface area contributed by atoms with Crippen molar-refractivity contribution in [1.82, 2.24) is 5.32 Å².